The van der Waals surface area contributed by atoms with Crippen molar-refractivity contribution in [1.29, 1.82) is 5.26 Å². The highest BCUT2D eigenvalue weighted by atomic mass is 35.5. The van der Waals surface area contributed by atoms with E-state index in [9.17, 15) is 4.79 Å². The van der Waals surface area contributed by atoms with Gasteiger partial charge in [0.05, 0.1) is 22.3 Å². The second-order valence-electron chi connectivity index (χ2n) is 5.18. The number of carbonyl (C=O) groups excluding carboxylic acids is 1. The number of benzene rings is 2. The number of hydrogen-bond donors (Lipinski definition) is 2. The summed E-state index contributed by atoms with van der Waals surface area (Å²) in [6.07, 6.45) is 1.54. The molecule has 1 aromatic heterocycles. The molecule has 0 aliphatic carbocycles. The zero-order valence-corrected chi connectivity index (χ0v) is 13.8. The van der Waals surface area contributed by atoms with E-state index in [4.69, 9.17) is 16.9 Å². The van der Waals surface area contributed by atoms with Crippen LogP contribution in [0.25, 0.3) is 0 Å². The Morgan fingerprint density at radius 2 is 1.84 bits per heavy atom. The minimum atomic E-state index is -0.359. The first kappa shape index (κ1) is 16.5. The van der Waals surface area contributed by atoms with Crippen LogP contribution in [-0.4, -0.2) is 10.9 Å². The molecule has 5 nitrogen and oxygen atoms in total. The number of para-hydroxylation sites is 1. The van der Waals surface area contributed by atoms with E-state index in [0.717, 1.165) is 5.69 Å². The molecule has 0 unspecified atom stereocenters. The number of hydrogen-bond acceptors (Lipinski definition) is 4. The van der Waals surface area contributed by atoms with Gasteiger partial charge in [-0.05, 0) is 42.5 Å². The van der Waals surface area contributed by atoms with E-state index in [-0.39, 0.29) is 11.6 Å². The molecule has 1 heterocycles. The standard InChI is InChI=1S/C19H13ClN4O/c20-16-6-1-2-7-17(16)24-19(25)18-11-15(8-9-22-18)23-14-5-3-4-13(10-14)12-21/h1-11H,(H,22,23)(H,24,25). The van der Waals surface area contributed by atoms with E-state index in [1.165, 1.54) is 6.20 Å². The molecule has 122 valence electrons. The number of pyridine rings is 1. The maximum Gasteiger partial charge on any atom is 0.274 e. The molecule has 0 bridgehead atoms. The van der Waals surface area contributed by atoms with Crippen molar-refractivity contribution in [3.63, 3.8) is 0 Å². The second kappa shape index (κ2) is 7.47. The first-order chi connectivity index (χ1) is 12.2. The molecule has 0 aliphatic rings. The molecule has 6 heteroatoms. The van der Waals surface area contributed by atoms with E-state index in [1.54, 1.807) is 54.6 Å². The van der Waals surface area contributed by atoms with Gasteiger partial charge >= 0.3 is 0 Å². The van der Waals surface area contributed by atoms with Crippen LogP contribution in [0.5, 0.6) is 0 Å². The highest BCUT2D eigenvalue weighted by Gasteiger charge is 2.10. The van der Waals surface area contributed by atoms with Gasteiger partial charge < -0.3 is 10.6 Å². The van der Waals surface area contributed by atoms with Crippen molar-refractivity contribution in [1.82, 2.24) is 4.98 Å². The predicted molar refractivity (Wildman–Crippen MR) is 98.1 cm³/mol. The Hall–Kier alpha value is -3.36. The minimum Gasteiger partial charge on any atom is -0.355 e. The van der Waals surface area contributed by atoms with Crippen molar-refractivity contribution in [3.05, 3.63) is 83.1 Å². The lowest BCUT2D eigenvalue weighted by atomic mass is 10.2. The van der Waals surface area contributed by atoms with E-state index < -0.39 is 0 Å². The Balaban J connectivity index is 1.78. The molecule has 0 radical (unpaired) electrons. The maximum absolute atomic E-state index is 12.4. The lowest BCUT2D eigenvalue weighted by molar-refractivity contribution is 0.102. The predicted octanol–water partition coefficient (Wildman–Crippen LogP) is 4.60. The number of aromatic nitrogens is 1. The molecular formula is C19H13ClN4O. The summed E-state index contributed by atoms with van der Waals surface area (Å²) in [5, 5.41) is 15.3. The van der Waals surface area contributed by atoms with Crippen molar-refractivity contribution in [2.75, 3.05) is 10.6 Å². The Labute approximate surface area is 149 Å². The van der Waals surface area contributed by atoms with Crippen LogP contribution in [0.1, 0.15) is 16.1 Å². The topological polar surface area (TPSA) is 77.8 Å². The van der Waals surface area contributed by atoms with E-state index in [1.807, 2.05) is 6.07 Å². The smallest absolute Gasteiger partial charge is 0.274 e. The van der Waals surface area contributed by atoms with Gasteiger partial charge in [0, 0.05) is 17.6 Å². The zero-order valence-electron chi connectivity index (χ0n) is 13.0. The van der Waals surface area contributed by atoms with Crippen LogP contribution < -0.4 is 10.6 Å². The molecule has 3 rings (SSSR count). The Bertz CT molecular complexity index is 965. The van der Waals surface area contributed by atoms with Gasteiger partial charge in [0.1, 0.15) is 5.69 Å². The number of carbonyl (C=O) groups is 1. The Morgan fingerprint density at radius 1 is 1.04 bits per heavy atom. The molecule has 2 N–H and O–H groups in total. The zero-order chi connectivity index (χ0) is 17.6. The van der Waals surface area contributed by atoms with Crippen molar-refractivity contribution in [3.8, 4) is 6.07 Å². The third-order valence-electron chi connectivity index (χ3n) is 3.39. The summed E-state index contributed by atoms with van der Waals surface area (Å²) in [4.78, 5) is 16.5. The van der Waals surface area contributed by atoms with Crippen LogP contribution in [0.15, 0.2) is 66.9 Å². The number of nitriles is 1. The van der Waals surface area contributed by atoms with Gasteiger partial charge in [-0.1, -0.05) is 29.8 Å². The summed E-state index contributed by atoms with van der Waals surface area (Å²) >= 11 is 6.05. The van der Waals surface area contributed by atoms with Gasteiger partial charge in [-0.3, -0.25) is 9.78 Å². The van der Waals surface area contributed by atoms with Crippen molar-refractivity contribution >= 4 is 34.6 Å². The van der Waals surface area contributed by atoms with Crippen molar-refractivity contribution < 1.29 is 4.79 Å². The highest BCUT2D eigenvalue weighted by Crippen LogP contribution is 2.22. The SMILES string of the molecule is N#Cc1cccc(Nc2ccnc(C(=O)Nc3ccccc3Cl)c2)c1. The van der Waals surface area contributed by atoms with Gasteiger partial charge in [-0.2, -0.15) is 5.26 Å². The monoisotopic (exact) mass is 348 g/mol. The first-order valence-electron chi connectivity index (χ1n) is 7.45. The van der Waals surface area contributed by atoms with Gasteiger partial charge in [0.15, 0.2) is 0 Å². The fraction of sp³-hybridized carbons (Fsp3) is 0. The molecule has 1 amide bonds. The van der Waals surface area contributed by atoms with Gasteiger partial charge in [-0.15, -0.1) is 0 Å². The lowest BCUT2D eigenvalue weighted by Gasteiger charge is -2.09. The van der Waals surface area contributed by atoms with E-state index >= 15 is 0 Å². The summed E-state index contributed by atoms with van der Waals surface area (Å²) in [6, 6.07) is 19.5. The Kier molecular flexibility index (Phi) is 4.93. The summed E-state index contributed by atoms with van der Waals surface area (Å²) in [7, 11) is 0. The summed E-state index contributed by atoms with van der Waals surface area (Å²) in [5.74, 6) is -0.359. The van der Waals surface area contributed by atoms with Crippen molar-refractivity contribution in [2.45, 2.75) is 0 Å². The molecule has 25 heavy (non-hydrogen) atoms. The molecule has 0 saturated carbocycles. The average molecular weight is 349 g/mol. The van der Waals surface area contributed by atoms with Gasteiger partial charge in [0.2, 0.25) is 0 Å². The van der Waals surface area contributed by atoms with E-state index in [0.29, 0.717) is 22.0 Å². The highest BCUT2D eigenvalue weighted by molar-refractivity contribution is 6.33. The number of halogens is 1. The normalized spacial score (nSPS) is 9.92. The molecule has 0 spiro atoms. The second-order valence-corrected chi connectivity index (χ2v) is 5.59. The molecule has 0 aliphatic heterocycles. The molecule has 2 aromatic carbocycles. The molecule has 0 atom stereocenters. The van der Waals surface area contributed by atoms with Crippen molar-refractivity contribution in [2.24, 2.45) is 0 Å². The Morgan fingerprint density at radius 3 is 2.64 bits per heavy atom. The van der Waals surface area contributed by atoms with Crippen LogP contribution in [0.3, 0.4) is 0 Å². The third-order valence-corrected chi connectivity index (χ3v) is 3.72. The molecular weight excluding hydrogens is 336 g/mol. The number of nitrogens with zero attached hydrogens (tertiary/aromatic N) is 2. The largest absolute Gasteiger partial charge is 0.355 e. The average Bonchev–Trinajstić information content (AvgIpc) is 2.64. The lowest BCUT2D eigenvalue weighted by Crippen LogP contribution is -2.14. The summed E-state index contributed by atoms with van der Waals surface area (Å²) in [6.45, 7) is 0. The number of amides is 1. The maximum atomic E-state index is 12.4. The number of anilines is 3. The van der Waals surface area contributed by atoms with E-state index in [2.05, 4.69) is 21.7 Å². The third kappa shape index (κ3) is 4.14. The van der Waals surface area contributed by atoms with Crippen LogP contribution in [0.2, 0.25) is 5.02 Å². The minimum absolute atomic E-state index is 0.251. The van der Waals surface area contributed by atoms with Crippen LogP contribution in [-0.2, 0) is 0 Å². The molecule has 0 saturated heterocycles. The summed E-state index contributed by atoms with van der Waals surface area (Å²) in [5.41, 5.74) is 2.77. The first-order valence-corrected chi connectivity index (χ1v) is 7.82. The van der Waals surface area contributed by atoms with Gasteiger partial charge in [-0.25, -0.2) is 0 Å². The number of rotatable bonds is 4. The molecule has 0 fully saturated rings. The van der Waals surface area contributed by atoms with Crippen LogP contribution >= 0.6 is 11.6 Å². The quantitative estimate of drug-likeness (QED) is 0.722. The van der Waals surface area contributed by atoms with Crippen LogP contribution in [0.4, 0.5) is 17.1 Å². The summed E-state index contributed by atoms with van der Waals surface area (Å²) < 4.78 is 0. The van der Waals surface area contributed by atoms with Crippen LogP contribution in [0, 0.1) is 11.3 Å². The fourth-order valence-electron chi connectivity index (χ4n) is 2.21. The number of nitrogens with one attached hydrogen (secondary N) is 2. The van der Waals surface area contributed by atoms with Gasteiger partial charge in [0.25, 0.3) is 5.91 Å². The fourth-order valence-corrected chi connectivity index (χ4v) is 2.40. The molecule has 3 aromatic rings.